The Morgan fingerprint density at radius 3 is 2.53 bits per heavy atom. The lowest BCUT2D eigenvalue weighted by Gasteiger charge is -2.34. The number of nitrogens with one attached hydrogen (secondary N) is 2. The molecule has 3 N–H and O–H groups in total. The summed E-state index contributed by atoms with van der Waals surface area (Å²) in [6.07, 6.45) is 6.72. The maximum absolute atomic E-state index is 12.7. The van der Waals surface area contributed by atoms with Crippen LogP contribution in [0.4, 0.5) is 0 Å². The second kappa shape index (κ2) is 10.1. The van der Waals surface area contributed by atoms with Crippen LogP contribution in [0.1, 0.15) is 51.0 Å². The largest absolute Gasteiger partial charge is 0.387 e. The van der Waals surface area contributed by atoms with Crippen molar-refractivity contribution >= 4 is 22.6 Å². The van der Waals surface area contributed by atoms with Crippen molar-refractivity contribution in [2.24, 2.45) is 0 Å². The number of benzene rings is 2. The Hall–Kier alpha value is -2.92. The van der Waals surface area contributed by atoms with Crippen LogP contribution in [-0.2, 0) is 16.0 Å². The summed E-state index contributed by atoms with van der Waals surface area (Å²) in [5, 5.41) is 19.3. The lowest BCUT2D eigenvalue weighted by molar-refractivity contribution is -0.125. The molecule has 1 heterocycles. The Balaban J connectivity index is 1.67. The molecule has 3 rings (SSSR count). The molecule has 2 amide bonds. The number of hydrogen-bond acceptors (Lipinski definition) is 3. The van der Waals surface area contributed by atoms with Crippen molar-refractivity contribution in [3.05, 3.63) is 73.3 Å². The van der Waals surface area contributed by atoms with Gasteiger partial charge in [-0.3, -0.25) is 9.59 Å². The van der Waals surface area contributed by atoms with E-state index >= 15 is 0 Å². The Morgan fingerprint density at radius 2 is 1.91 bits per heavy atom. The van der Waals surface area contributed by atoms with Gasteiger partial charge in [0.25, 0.3) is 0 Å². The molecule has 2 unspecified atom stereocenters. The number of amides is 2. The van der Waals surface area contributed by atoms with E-state index in [-0.39, 0.29) is 18.2 Å². The lowest BCUT2D eigenvalue weighted by atomic mass is 9.84. The zero-order chi connectivity index (χ0) is 23.2. The summed E-state index contributed by atoms with van der Waals surface area (Å²) in [6, 6.07) is 14.1. The Morgan fingerprint density at radius 1 is 1.22 bits per heavy atom. The molecule has 0 bridgehead atoms. The fourth-order valence-corrected chi connectivity index (χ4v) is 4.66. The molecule has 5 heteroatoms. The number of carbonyl (C=O) groups excluding carboxylic acids is 2. The van der Waals surface area contributed by atoms with Crippen LogP contribution in [0.25, 0.3) is 10.8 Å². The molecule has 0 aromatic heterocycles. The Labute approximate surface area is 190 Å². The topological polar surface area (TPSA) is 78.4 Å². The minimum atomic E-state index is -1.11. The van der Waals surface area contributed by atoms with Crippen molar-refractivity contribution in [2.45, 2.75) is 69.1 Å². The first-order valence-electron chi connectivity index (χ1n) is 11.3. The number of carbonyl (C=O) groups is 2. The smallest absolute Gasteiger partial charge is 0.220 e. The van der Waals surface area contributed by atoms with Crippen LogP contribution in [0.2, 0.25) is 0 Å². The third-order valence-corrected chi connectivity index (χ3v) is 6.60. The van der Waals surface area contributed by atoms with Crippen LogP contribution in [0.15, 0.2) is 67.8 Å². The predicted octanol–water partition coefficient (Wildman–Crippen LogP) is 4.20. The van der Waals surface area contributed by atoms with Crippen molar-refractivity contribution in [1.82, 2.24) is 10.6 Å². The summed E-state index contributed by atoms with van der Waals surface area (Å²) >= 11 is 0. The van der Waals surface area contributed by atoms with Gasteiger partial charge in [0.1, 0.15) is 0 Å². The van der Waals surface area contributed by atoms with Crippen LogP contribution < -0.4 is 10.6 Å². The van der Waals surface area contributed by atoms with Crippen molar-refractivity contribution in [3.8, 4) is 0 Å². The number of fused-ring (bicyclic) bond motifs is 1. The molecule has 1 aliphatic heterocycles. The van der Waals surface area contributed by atoms with Gasteiger partial charge in [-0.05, 0) is 55.4 Å². The first-order chi connectivity index (χ1) is 15.3. The quantitative estimate of drug-likeness (QED) is 0.464. The first kappa shape index (κ1) is 23.7. The van der Waals surface area contributed by atoms with E-state index in [0.29, 0.717) is 38.5 Å². The van der Waals surface area contributed by atoms with Gasteiger partial charge in [-0.2, -0.15) is 0 Å². The van der Waals surface area contributed by atoms with E-state index in [1.165, 1.54) is 10.8 Å². The molecule has 2 atom stereocenters. The molecule has 1 saturated heterocycles. The third-order valence-electron chi connectivity index (χ3n) is 6.60. The first-order valence-corrected chi connectivity index (χ1v) is 11.3. The van der Waals surface area contributed by atoms with Gasteiger partial charge in [-0.1, -0.05) is 54.6 Å². The maximum Gasteiger partial charge on any atom is 0.220 e. The summed E-state index contributed by atoms with van der Waals surface area (Å²) in [5.74, 6) is -0.103. The van der Waals surface area contributed by atoms with Crippen molar-refractivity contribution < 1.29 is 14.7 Å². The van der Waals surface area contributed by atoms with Gasteiger partial charge in [0.05, 0.1) is 11.6 Å². The van der Waals surface area contributed by atoms with Crippen molar-refractivity contribution in [2.75, 3.05) is 0 Å². The third kappa shape index (κ3) is 5.65. The van der Waals surface area contributed by atoms with Gasteiger partial charge in [-0.25, -0.2) is 0 Å². The number of hydrogen-bond donors (Lipinski definition) is 3. The van der Waals surface area contributed by atoms with E-state index in [4.69, 9.17) is 0 Å². The number of aliphatic hydroxyl groups is 1. The highest BCUT2D eigenvalue weighted by Gasteiger charge is 2.38. The van der Waals surface area contributed by atoms with Crippen LogP contribution in [0.5, 0.6) is 0 Å². The predicted molar refractivity (Wildman–Crippen MR) is 129 cm³/mol. The monoisotopic (exact) mass is 434 g/mol. The Kier molecular flexibility index (Phi) is 7.52. The van der Waals surface area contributed by atoms with E-state index in [1.54, 1.807) is 19.1 Å². The van der Waals surface area contributed by atoms with Crippen LogP contribution in [0.3, 0.4) is 0 Å². The minimum absolute atomic E-state index is 0.0332. The van der Waals surface area contributed by atoms with Gasteiger partial charge >= 0.3 is 0 Å². The van der Waals surface area contributed by atoms with Gasteiger partial charge in [-0.15, -0.1) is 13.2 Å². The van der Waals surface area contributed by atoms with E-state index in [1.807, 2.05) is 12.1 Å². The SMILES string of the molecule is C=CCC(O)(CC=C)C(C)NC(=O)CCC1(Cc2ccc3ccccc3c2)CCC(=O)N1. The molecule has 2 aromatic rings. The fourth-order valence-electron chi connectivity index (χ4n) is 4.66. The zero-order valence-electron chi connectivity index (χ0n) is 18.9. The van der Waals surface area contributed by atoms with E-state index < -0.39 is 17.2 Å². The van der Waals surface area contributed by atoms with Gasteiger partial charge < -0.3 is 15.7 Å². The van der Waals surface area contributed by atoms with Crippen molar-refractivity contribution in [3.63, 3.8) is 0 Å². The molecule has 0 spiro atoms. The molecule has 170 valence electrons. The minimum Gasteiger partial charge on any atom is -0.387 e. The summed E-state index contributed by atoms with van der Waals surface area (Å²) in [5.41, 5.74) is -0.395. The summed E-state index contributed by atoms with van der Waals surface area (Å²) in [4.78, 5) is 24.8. The summed E-state index contributed by atoms with van der Waals surface area (Å²) in [6.45, 7) is 9.21. The van der Waals surface area contributed by atoms with Gasteiger partial charge in [0.2, 0.25) is 11.8 Å². The van der Waals surface area contributed by atoms with Gasteiger partial charge in [0.15, 0.2) is 0 Å². The molecule has 1 fully saturated rings. The van der Waals surface area contributed by atoms with Crippen LogP contribution >= 0.6 is 0 Å². The molecular weight excluding hydrogens is 400 g/mol. The molecule has 0 radical (unpaired) electrons. The second-order valence-electron chi connectivity index (χ2n) is 9.07. The highest BCUT2D eigenvalue weighted by atomic mass is 16.3. The highest BCUT2D eigenvalue weighted by Crippen LogP contribution is 2.31. The van der Waals surface area contributed by atoms with E-state index in [9.17, 15) is 14.7 Å². The van der Waals surface area contributed by atoms with E-state index in [0.717, 1.165) is 5.56 Å². The zero-order valence-corrected chi connectivity index (χ0v) is 18.9. The summed E-state index contributed by atoms with van der Waals surface area (Å²) < 4.78 is 0. The van der Waals surface area contributed by atoms with Gasteiger partial charge in [0, 0.05) is 18.4 Å². The number of rotatable bonds is 11. The van der Waals surface area contributed by atoms with Crippen molar-refractivity contribution in [1.29, 1.82) is 0 Å². The Bertz CT molecular complexity index is 989. The second-order valence-corrected chi connectivity index (χ2v) is 9.07. The molecule has 2 aromatic carbocycles. The molecule has 32 heavy (non-hydrogen) atoms. The van der Waals surface area contributed by atoms with E-state index in [2.05, 4.69) is 54.1 Å². The molecule has 5 nitrogen and oxygen atoms in total. The average molecular weight is 435 g/mol. The average Bonchev–Trinajstić information content (AvgIpc) is 3.13. The molecule has 1 aliphatic rings. The maximum atomic E-state index is 12.7. The standard InChI is InChI=1S/C27H34N2O3/c1-4-14-27(32,15-5-2)20(3)28-24(30)12-16-26(17-13-25(31)29-26)19-21-10-11-22-8-6-7-9-23(22)18-21/h4-11,18,20,32H,1-2,12-17,19H2,3H3,(H,28,30)(H,29,31). The van der Waals surface area contributed by atoms with Crippen LogP contribution in [0, 0.1) is 0 Å². The lowest BCUT2D eigenvalue weighted by Crippen LogP contribution is -2.51. The highest BCUT2D eigenvalue weighted by molar-refractivity contribution is 5.83. The normalized spacial score (nSPS) is 19.4. The van der Waals surface area contributed by atoms with Crippen LogP contribution in [-0.4, -0.2) is 34.1 Å². The molecule has 0 aliphatic carbocycles. The fraction of sp³-hybridized carbons (Fsp3) is 0.407. The molecular formula is C27H34N2O3. The summed E-state index contributed by atoms with van der Waals surface area (Å²) in [7, 11) is 0. The molecule has 0 saturated carbocycles.